The van der Waals surface area contributed by atoms with E-state index in [1.165, 1.54) is 0 Å². The van der Waals surface area contributed by atoms with Crippen molar-refractivity contribution in [3.8, 4) is 5.75 Å². The SMILES string of the molecule is C=Cc1ccc(C(C)(C)CC)cc1OC(N)=O. The maximum Gasteiger partial charge on any atom is 0.409 e. The van der Waals surface area contributed by atoms with Crippen LogP contribution in [0.25, 0.3) is 6.08 Å². The van der Waals surface area contributed by atoms with Gasteiger partial charge >= 0.3 is 6.09 Å². The van der Waals surface area contributed by atoms with E-state index in [2.05, 4.69) is 27.4 Å². The first kappa shape index (κ1) is 13.3. The maximum absolute atomic E-state index is 10.8. The Balaban J connectivity index is 3.21. The lowest BCUT2D eigenvalue weighted by atomic mass is 9.82. The number of ether oxygens (including phenoxy) is 1. The molecular formula is C14H19NO2. The van der Waals surface area contributed by atoms with Gasteiger partial charge in [-0.1, -0.05) is 45.6 Å². The van der Waals surface area contributed by atoms with Gasteiger partial charge in [-0.15, -0.1) is 0 Å². The van der Waals surface area contributed by atoms with Crippen molar-refractivity contribution in [2.24, 2.45) is 5.73 Å². The Bertz CT molecular complexity index is 436. The van der Waals surface area contributed by atoms with Crippen molar-refractivity contribution in [2.45, 2.75) is 32.6 Å². The summed E-state index contributed by atoms with van der Waals surface area (Å²) in [4.78, 5) is 10.8. The summed E-state index contributed by atoms with van der Waals surface area (Å²) in [6, 6.07) is 5.76. The quantitative estimate of drug-likeness (QED) is 0.865. The fraction of sp³-hybridized carbons (Fsp3) is 0.357. The summed E-state index contributed by atoms with van der Waals surface area (Å²) in [5.41, 5.74) is 6.96. The molecule has 1 aromatic carbocycles. The van der Waals surface area contributed by atoms with Crippen LogP contribution in [0, 0.1) is 0 Å². The van der Waals surface area contributed by atoms with E-state index < -0.39 is 6.09 Å². The highest BCUT2D eigenvalue weighted by Crippen LogP contribution is 2.31. The van der Waals surface area contributed by atoms with E-state index in [4.69, 9.17) is 10.5 Å². The van der Waals surface area contributed by atoms with Crippen LogP contribution in [0.5, 0.6) is 5.75 Å². The summed E-state index contributed by atoms with van der Waals surface area (Å²) in [5.74, 6) is 0.464. The Labute approximate surface area is 102 Å². The first-order valence-electron chi connectivity index (χ1n) is 5.65. The third-order valence-electron chi connectivity index (χ3n) is 3.11. The number of hydrogen-bond acceptors (Lipinski definition) is 2. The highest BCUT2D eigenvalue weighted by Gasteiger charge is 2.19. The third-order valence-corrected chi connectivity index (χ3v) is 3.11. The van der Waals surface area contributed by atoms with E-state index in [9.17, 15) is 4.79 Å². The van der Waals surface area contributed by atoms with Crippen molar-refractivity contribution >= 4 is 12.2 Å². The molecule has 0 unspecified atom stereocenters. The van der Waals surface area contributed by atoms with E-state index in [0.717, 1.165) is 17.5 Å². The largest absolute Gasteiger partial charge is 0.410 e. The highest BCUT2D eigenvalue weighted by atomic mass is 16.5. The van der Waals surface area contributed by atoms with Crippen LogP contribution in [0.15, 0.2) is 24.8 Å². The minimum Gasteiger partial charge on any atom is -0.410 e. The first-order chi connectivity index (χ1) is 7.90. The molecule has 0 aliphatic rings. The van der Waals surface area contributed by atoms with Gasteiger partial charge in [-0.3, -0.25) is 0 Å². The fourth-order valence-corrected chi connectivity index (χ4v) is 1.52. The Morgan fingerprint density at radius 1 is 1.53 bits per heavy atom. The summed E-state index contributed by atoms with van der Waals surface area (Å²) in [6.07, 6.45) is 1.83. The number of hydrogen-bond donors (Lipinski definition) is 1. The Kier molecular flexibility index (Phi) is 3.94. The van der Waals surface area contributed by atoms with Crippen molar-refractivity contribution in [1.82, 2.24) is 0 Å². The van der Waals surface area contributed by atoms with Crippen LogP contribution < -0.4 is 10.5 Å². The minimum absolute atomic E-state index is 0.0372. The standard InChI is InChI=1S/C14H19NO2/c1-5-10-7-8-11(14(3,4)6-2)9-12(10)17-13(15)16/h5,7-9H,1,6H2,2-4H3,(H2,15,16). The Hall–Kier alpha value is -1.77. The van der Waals surface area contributed by atoms with Crippen molar-refractivity contribution in [3.05, 3.63) is 35.9 Å². The van der Waals surface area contributed by atoms with Gasteiger partial charge in [0, 0.05) is 5.56 Å². The number of rotatable bonds is 4. The van der Waals surface area contributed by atoms with Crippen molar-refractivity contribution in [2.75, 3.05) is 0 Å². The number of primary amides is 1. The van der Waals surface area contributed by atoms with Gasteiger partial charge in [0.25, 0.3) is 0 Å². The molecule has 3 nitrogen and oxygen atoms in total. The molecule has 0 atom stereocenters. The lowest BCUT2D eigenvalue weighted by Gasteiger charge is -2.24. The van der Waals surface area contributed by atoms with Crippen molar-refractivity contribution in [1.29, 1.82) is 0 Å². The zero-order chi connectivity index (χ0) is 13.1. The molecule has 0 aliphatic heterocycles. The smallest absolute Gasteiger partial charge is 0.409 e. The molecule has 0 bridgehead atoms. The second-order valence-corrected chi connectivity index (χ2v) is 4.62. The topological polar surface area (TPSA) is 52.3 Å². The Morgan fingerprint density at radius 3 is 2.65 bits per heavy atom. The average Bonchev–Trinajstić information content (AvgIpc) is 2.28. The molecular weight excluding hydrogens is 214 g/mol. The van der Waals surface area contributed by atoms with Gasteiger partial charge in [-0.25, -0.2) is 4.79 Å². The highest BCUT2D eigenvalue weighted by molar-refractivity contribution is 5.71. The van der Waals surface area contributed by atoms with Crippen LogP contribution in [0.1, 0.15) is 38.3 Å². The van der Waals surface area contributed by atoms with Crippen molar-refractivity contribution in [3.63, 3.8) is 0 Å². The second-order valence-electron chi connectivity index (χ2n) is 4.62. The van der Waals surface area contributed by atoms with E-state index in [1.54, 1.807) is 6.08 Å². The lowest BCUT2D eigenvalue weighted by Crippen LogP contribution is -2.19. The molecule has 3 heteroatoms. The van der Waals surface area contributed by atoms with Gasteiger partial charge in [0.2, 0.25) is 0 Å². The first-order valence-corrected chi connectivity index (χ1v) is 5.65. The van der Waals surface area contributed by atoms with Crippen molar-refractivity contribution < 1.29 is 9.53 Å². The average molecular weight is 233 g/mol. The Morgan fingerprint density at radius 2 is 2.18 bits per heavy atom. The predicted molar refractivity (Wildman–Crippen MR) is 70.1 cm³/mol. The van der Waals surface area contributed by atoms with E-state index >= 15 is 0 Å². The number of amides is 1. The molecule has 0 spiro atoms. The van der Waals surface area contributed by atoms with Crippen LogP contribution in [0.4, 0.5) is 4.79 Å². The monoisotopic (exact) mass is 233 g/mol. The molecule has 92 valence electrons. The van der Waals surface area contributed by atoms with Crippen LogP contribution in [-0.4, -0.2) is 6.09 Å². The third kappa shape index (κ3) is 3.09. The zero-order valence-electron chi connectivity index (χ0n) is 10.6. The minimum atomic E-state index is -0.806. The molecule has 0 saturated carbocycles. The molecule has 17 heavy (non-hydrogen) atoms. The zero-order valence-corrected chi connectivity index (χ0v) is 10.6. The summed E-state index contributed by atoms with van der Waals surface area (Å²) in [6.45, 7) is 10.1. The van der Waals surface area contributed by atoms with Gasteiger partial charge in [0.15, 0.2) is 0 Å². The lowest BCUT2D eigenvalue weighted by molar-refractivity contribution is 0.210. The molecule has 1 rings (SSSR count). The van der Waals surface area contributed by atoms with Crippen LogP contribution >= 0.6 is 0 Å². The molecule has 0 aromatic heterocycles. The van der Waals surface area contributed by atoms with Gasteiger partial charge in [-0.05, 0) is 23.5 Å². The maximum atomic E-state index is 10.8. The summed E-state index contributed by atoms with van der Waals surface area (Å²) >= 11 is 0. The van der Waals surface area contributed by atoms with Crippen LogP contribution in [0.3, 0.4) is 0 Å². The van der Waals surface area contributed by atoms with Crippen LogP contribution in [0.2, 0.25) is 0 Å². The van der Waals surface area contributed by atoms with Gasteiger partial charge in [0.05, 0.1) is 0 Å². The molecule has 1 amide bonds. The van der Waals surface area contributed by atoms with E-state index in [0.29, 0.717) is 5.75 Å². The molecule has 0 fully saturated rings. The summed E-state index contributed by atoms with van der Waals surface area (Å²) in [5, 5.41) is 0. The molecule has 0 radical (unpaired) electrons. The number of benzene rings is 1. The summed E-state index contributed by atoms with van der Waals surface area (Å²) < 4.78 is 4.98. The van der Waals surface area contributed by atoms with E-state index in [1.807, 2.05) is 18.2 Å². The van der Waals surface area contributed by atoms with Gasteiger partial charge in [0.1, 0.15) is 5.75 Å². The van der Waals surface area contributed by atoms with Gasteiger partial charge in [-0.2, -0.15) is 0 Å². The van der Waals surface area contributed by atoms with E-state index in [-0.39, 0.29) is 5.41 Å². The number of nitrogens with two attached hydrogens (primary N) is 1. The molecule has 2 N–H and O–H groups in total. The molecule has 0 saturated heterocycles. The molecule has 1 aromatic rings. The normalized spacial score (nSPS) is 11.0. The predicted octanol–water partition coefficient (Wildman–Crippen LogP) is 3.47. The fourth-order valence-electron chi connectivity index (χ4n) is 1.52. The number of carbonyl (C=O) groups is 1. The van der Waals surface area contributed by atoms with Gasteiger partial charge < -0.3 is 10.5 Å². The van der Waals surface area contributed by atoms with Crippen LogP contribution in [-0.2, 0) is 5.41 Å². The molecule has 0 aliphatic carbocycles. The summed E-state index contributed by atoms with van der Waals surface area (Å²) in [7, 11) is 0. The molecule has 0 heterocycles. The second kappa shape index (κ2) is 5.04. The number of carbonyl (C=O) groups excluding carboxylic acids is 1.